The number of hydrogen-bond acceptors (Lipinski definition) is 7. The largest absolute Gasteiger partial charge is 0.263 e. The van der Waals surface area contributed by atoms with Crippen LogP contribution in [0.3, 0.4) is 0 Å². The third-order valence-corrected chi connectivity index (χ3v) is 7.63. The van der Waals surface area contributed by atoms with E-state index in [0.717, 1.165) is 41.2 Å². The van der Waals surface area contributed by atoms with Gasteiger partial charge in [-0.1, -0.05) is 29.0 Å². The molecule has 29 heavy (non-hydrogen) atoms. The minimum absolute atomic E-state index is 0.0331. The van der Waals surface area contributed by atoms with E-state index in [2.05, 4.69) is 19.6 Å². The van der Waals surface area contributed by atoms with Crippen molar-refractivity contribution in [2.45, 2.75) is 23.1 Å². The summed E-state index contributed by atoms with van der Waals surface area (Å²) in [6.07, 6.45) is 0.237. The number of halogens is 1. The molecule has 1 heterocycles. The summed E-state index contributed by atoms with van der Waals surface area (Å²) in [5, 5.41) is 8.10. The zero-order valence-corrected chi connectivity index (χ0v) is 17.6. The third-order valence-electron chi connectivity index (χ3n) is 3.77. The monoisotopic (exact) mass is 456 g/mol. The summed E-state index contributed by atoms with van der Waals surface area (Å²) in [6.45, 7) is 1.94. The molecular formula is C17H17FN4O4S3. The van der Waals surface area contributed by atoms with Gasteiger partial charge in [0.1, 0.15) is 10.8 Å². The zero-order chi connectivity index (χ0) is 21.1. The van der Waals surface area contributed by atoms with Crippen molar-refractivity contribution in [2.75, 3.05) is 11.3 Å². The first-order valence-electron chi connectivity index (χ1n) is 8.33. The smallest absolute Gasteiger partial charge is 0.253 e. The zero-order valence-electron chi connectivity index (χ0n) is 15.2. The number of aromatic nitrogens is 2. The summed E-state index contributed by atoms with van der Waals surface area (Å²) in [7, 11) is -7.56. The van der Waals surface area contributed by atoms with E-state index in [1.165, 1.54) is 12.1 Å². The maximum atomic E-state index is 12.9. The van der Waals surface area contributed by atoms with E-state index in [4.69, 9.17) is 0 Å². The van der Waals surface area contributed by atoms with E-state index in [1.807, 2.05) is 6.92 Å². The number of nitrogens with zero attached hydrogens (tertiary/aromatic N) is 2. The molecule has 3 rings (SSSR count). The molecule has 0 aliphatic rings. The van der Waals surface area contributed by atoms with Gasteiger partial charge in [0, 0.05) is 13.0 Å². The highest BCUT2D eigenvalue weighted by Crippen LogP contribution is 2.20. The van der Waals surface area contributed by atoms with Crippen molar-refractivity contribution in [3.8, 4) is 0 Å². The molecule has 154 valence electrons. The van der Waals surface area contributed by atoms with Gasteiger partial charge in [0.05, 0.1) is 9.79 Å². The first-order chi connectivity index (χ1) is 13.7. The topological polar surface area (TPSA) is 118 Å². The Morgan fingerprint density at radius 2 is 1.48 bits per heavy atom. The number of nitrogens with one attached hydrogen (secondary N) is 2. The van der Waals surface area contributed by atoms with E-state index in [9.17, 15) is 21.2 Å². The Bertz CT molecular complexity index is 1190. The van der Waals surface area contributed by atoms with Crippen molar-refractivity contribution in [2.24, 2.45) is 0 Å². The van der Waals surface area contributed by atoms with Gasteiger partial charge in [-0.3, -0.25) is 4.72 Å². The number of benzene rings is 2. The van der Waals surface area contributed by atoms with Crippen molar-refractivity contribution in [1.29, 1.82) is 0 Å². The molecule has 0 radical (unpaired) electrons. The van der Waals surface area contributed by atoms with Crippen LogP contribution in [-0.2, 0) is 26.5 Å². The summed E-state index contributed by atoms with van der Waals surface area (Å²) in [5.74, 6) is -0.546. The fourth-order valence-electron chi connectivity index (χ4n) is 2.28. The first kappa shape index (κ1) is 21.3. The van der Waals surface area contributed by atoms with Gasteiger partial charge in [0.15, 0.2) is 0 Å². The first-order valence-corrected chi connectivity index (χ1v) is 12.1. The van der Waals surface area contributed by atoms with Crippen molar-refractivity contribution >= 4 is 36.5 Å². The average Bonchev–Trinajstić information content (AvgIpc) is 3.09. The number of aryl methyl sites for hydroxylation is 1. The number of hydrogen-bond donors (Lipinski definition) is 2. The summed E-state index contributed by atoms with van der Waals surface area (Å²) in [4.78, 5) is 0.0506. The Kier molecular flexibility index (Phi) is 6.27. The molecule has 0 amide bonds. The second-order valence-corrected chi connectivity index (χ2v) is 10.5. The summed E-state index contributed by atoms with van der Waals surface area (Å²) in [5.41, 5.74) is 0.952. The van der Waals surface area contributed by atoms with Gasteiger partial charge in [-0.15, -0.1) is 10.2 Å². The lowest BCUT2D eigenvalue weighted by molar-refractivity contribution is 0.581. The van der Waals surface area contributed by atoms with Gasteiger partial charge in [-0.05, 0) is 43.3 Å². The van der Waals surface area contributed by atoms with Crippen molar-refractivity contribution in [1.82, 2.24) is 14.9 Å². The molecule has 8 nitrogen and oxygen atoms in total. The third kappa shape index (κ3) is 5.56. The quantitative estimate of drug-likeness (QED) is 0.537. The van der Waals surface area contributed by atoms with Crippen molar-refractivity contribution in [3.05, 3.63) is 64.9 Å². The lowest BCUT2D eigenvalue weighted by Crippen LogP contribution is -2.25. The second kappa shape index (κ2) is 8.53. The van der Waals surface area contributed by atoms with Crippen LogP contribution < -0.4 is 9.44 Å². The molecule has 3 aromatic rings. The Morgan fingerprint density at radius 3 is 2.14 bits per heavy atom. The van der Waals surface area contributed by atoms with Crippen LogP contribution in [0.25, 0.3) is 0 Å². The van der Waals surface area contributed by atoms with Crippen molar-refractivity contribution in [3.63, 3.8) is 0 Å². The van der Waals surface area contributed by atoms with E-state index >= 15 is 0 Å². The number of rotatable bonds is 8. The Morgan fingerprint density at radius 1 is 0.897 bits per heavy atom. The molecule has 0 atom stereocenters. The van der Waals surface area contributed by atoms with Gasteiger partial charge < -0.3 is 0 Å². The van der Waals surface area contributed by atoms with E-state index in [-0.39, 0.29) is 27.9 Å². The normalized spacial score (nSPS) is 12.1. The molecule has 0 bridgehead atoms. The van der Waals surface area contributed by atoms with Crippen LogP contribution in [0.15, 0.2) is 58.3 Å². The van der Waals surface area contributed by atoms with Gasteiger partial charge in [0.2, 0.25) is 15.2 Å². The van der Waals surface area contributed by atoms with Crippen LogP contribution in [-0.4, -0.2) is 33.6 Å². The van der Waals surface area contributed by atoms with Gasteiger partial charge >= 0.3 is 0 Å². The molecule has 1 aromatic heterocycles. The molecule has 0 spiro atoms. The van der Waals surface area contributed by atoms with Gasteiger partial charge in [-0.2, -0.15) is 0 Å². The minimum atomic E-state index is -3.92. The molecule has 0 aliphatic carbocycles. The summed E-state index contributed by atoms with van der Waals surface area (Å²) >= 11 is 0.985. The van der Waals surface area contributed by atoms with E-state index in [0.29, 0.717) is 5.01 Å². The molecule has 12 heteroatoms. The summed E-state index contributed by atoms with van der Waals surface area (Å²) < 4.78 is 66.7. The maximum absolute atomic E-state index is 12.9. The second-order valence-electron chi connectivity index (χ2n) is 6.02. The molecule has 2 N–H and O–H groups in total. The van der Waals surface area contributed by atoms with Gasteiger partial charge in [0.25, 0.3) is 10.0 Å². The lowest BCUT2D eigenvalue weighted by atomic mass is 10.2. The number of sulfonamides is 2. The summed E-state index contributed by atoms with van der Waals surface area (Å²) in [6, 6.07) is 10.8. The standard InChI is InChI=1S/C17H17FN4O4S3/c1-12-2-6-14(7-3-12)28(23,24)19-11-10-16-20-21-17(27-16)22-29(25,26)15-8-4-13(18)5-9-15/h2-9,19H,10-11H2,1H3,(H,21,22). The van der Waals surface area contributed by atoms with Crippen LogP contribution in [0.4, 0.5) is 9.52 Å². The van der Waals surface area contributed by atoms with Gasteiger partial charge in [-0.25, -0.2) is 25.9 Å². The number of anilines is 1. The molecule has 2 aromatic carbocycles. The molecule has 0 unspecified atom stereocenters. The SMILES string of the molecule is Cc1ccc(S(=O)(=O)NCCc2nnc(NS(=O)(=O)c3ccc(F)cc3)s2)cc1. The lowest BCUT2D eigenvalue weighted by Gasteiger charge is -2.06. The molecular weight excluding hydrogens is 439 g/mol. The highest BCUT2D eigenvalue weighted by atomic mass is 32.2. The fraction of sp³-hybridized carbons (Fsp3) is 0.176. The van der Waals surface area contributed by atoms with Crippen LogP contribution in [0.5, 0.6) is 0 Å². The Labute approximate surface area is 171 Å². The van der Waals surface area contributed by atoms with Crippen LogP contribution >= 0.6 is 11.3 Å². The average molecular weight is 457 g/mol. The Balaban J connectivity index is 1.59. The molecule has 0 fully saturated rings. The molecule has 0 aliphatic heterocycles. The van der Waals surface area contributed by atoms with E-state index in [1.54, 1.807) is 12.1 Å². The van der Waals surface area contributed by atoms with Crippen LogP contribution in [0.2, 0.25) is 0 Å². The van der Waals surface area contributed by atoms with Crippen molar-refractivity contribution < 1.29 is 21.2 Å². The highest BCUT2D eigenvalue weighted by Gasteiger charge is 2.18. The molecule has 0 saturated carbocycles. The predicted molar refractivity (Wildman–Crippen MR) is 107 cm³/mol. The minimum Gasteiger partial charge on any atom is -0.253 e. The van der Waals surface area contributed by atoms with Crippen LogP contribution in [0.1, 0.15) is 10.6 Å². The predicted octanol–water partition coefficient (Wildman–Crippen LogP) is 2.31. The fourth-order valence-corrected chi connectivity index (χ4v) is 5.28. The Hall–Kier alpha value is -2.41. The highest BCUT2D eigenvalue weighted by molar-refractivity contribution is 7.93. The van der Waals surface area contributed by atoms with E-state index < -0.39 is 25.9 Å². The molecule has 0 saturated heterocycles. The van der Waals surface area contributed by atoms with Crippen LogP contribution in [0, 0.1) is 12.7 Å². The maximum Gasteiger partial charge on any atom is 0.263 e.